The molecule has 2 heteroatoms. The van der Waals surface area contributed by atoms with Gasteiger partial charge in [-0.15, -0.1) is 0 Å². The molecule has 0 saturated carbocycles. The van der Waals surface area contributed by atoms with E-state index in [9.17, 15) is 0 Å². The molecule has 0 aromatic carbocycles. The lowest BCUT2D eigenvalue weighted by Gasteiger charge is -2.49. The Kier molecular flexibility index (Phi) is 1.46. The Morgan fingerprint density at radius 2 is 2.20 bits per heavy atom. The van der Waals surface area contributed by atoms with Gasteiger partial charge in [0.05, 0.1) is 0 Å². The fourth-order valence-corrected chi connectivity index (χ4v) is 2.19. The quantitative estimate of drug-likeness (QED) is 0.525. The minimum Gasteiger partial charge on any atom is -0.310 e. The molecule has 2 aliphatic rings. The van der Waals surface area contributed by atoms with Crippen molar-refractivity contribution in [1.29, 1.82) is 0 Å². The zero-order chi connectivity index (χ0) is 7.03. The molecule has 0 bridgehead atoms. The first-order chi connectivity index (χ1) is 4.81. The summed E-state index contributed by atoms with van der Waals surface area (Å²) in [5, 5.41) is 3.55. The monoisotopic (exact) mass is 140 g/mol. The predicted molar refractivity (Wildman–Crippen MR) is 42.1 cm³/mol. The number of rotatable bonds is 0. The van der Waals surface area contributed by atoms with Gasteiger partial charge in [-0.3, -0.25) is 0 Å². The third kappa shape index (κ3) is 0.956. The van der Waals surface area contributed by atoms with Crippen molar-refractivity contribution in [1.82, 2.24) is 10.2 Å². The minimum absolute atomic E-state index is 0.549. The molecule has 1 unspecified atom stereocenters. The second kappa shape index (κ2) is 2.21. The molecule has 1 atom stereocenters. The molecule has 1 spiro atoms. The van der Waals surface area contributed by atoms with E-state index < -0.39 is 0 Å². The summed E-state index contributed by atoms with van der Waals surface area (Å²) in [5.74, 6) is 0. The van der Waals surface area contributed by atoms with Gasteiger partial charge in [-0.05, 0) is 39.4 Å². The molecule has 2 aliphatic heterocycles. The van der Waals surface area contributed by atoms with Gasteiger partial charge in [-0.25, -0.2) is 0 Å². The Morgan fingerprint density at radius 3 is 2.60 bits per heavy atom. The van der Waals surface area contributed by atoms with E-state index in [2.05, 4.69) is 17.3 Å². The molecule has 0 aliphatic carbocycles. The van der Waals surface area contributed by atoms with Crippen LogP contribution in [0.1, 0.15) is 19.3 Å². The summed E-state index contributed by atoms with van der Waals surface area (Å²) in [4.78, 5) is 2.44. The Morgan fingerprint density at radius 1 is 1.40 bits per heavy atom. The summed E-state index contributed by atoms with van der Waals surface area (Å²) in [7, 11) is 2.22. The molecule has 58 valence electrons. The number of hydrogen-bond acceptors (Lipinski definition) is 2. The fraction of sp³-hybridized carbons (Fsp3) is 1.00. The van der Waals surface area contributed by atoms with Crippen LogP contribution in [-0.2, 0) is 0 Å². The molecule has 0 aromatic rings. The molecule has 2 heterocycles. The van der Waals surface area contributed by atoms with Crippen molar-refractivity contribution in [2.45, 2.75) is 24.8 Å². The Labute approximate surface area is 62.6 Å². The smallest absolute Gasteiger partial charge is 0.0321 e. The van der Waals surface area contributed by atoms with Crippen molar-refractivity contribution in [3.8, 4) is 0 Å². The van der Waals surface area contributed by atoms with Crippen molar-refractivity contribution in [2.24, 2.45) is 0 Å². The lowest BCUT2D eigenvalue weighted by molar-refractivity contribution is 0.0877. The van der Waals surface area contributed by atoms with Crippen LogP contribution < -0.4 is 5.32 Å². The highest BCUT2D eigenvalue weighted by atomic mass is 15.2. The van der Waals surface area contributed by atoms with E-state index in [0.717, 1.165) is 0 Å². The SMILES string of the molecule is CN1CCCC2(CCN2)C1. The maximum Gasteiger partial charge on any atom is 0.0321 e. The lowest BCUT2D eigenvalue weighted by Crippen LogP contribution is -2.64. The van der Waals surface area contributed by atoms with E-state index in [-0.39, 0.29) is 0 Å². The average Bonchev–Trinajstić information content (AvgIpc) is 1.85. The molecule has 2 fully saturated rings. The third-order valence-corrected chi connectivity index (χ3v) is 2.87. The number of piperidine rings is 1. The van der Waals surface area contributed by atoms with Gasteiger partial charge in [0, 0.05) is 12.1 Å². The summed E-state index contributed by atoms with van der Waals surface area (Å²) < 4.78 is 0. The van der Waals surface area contributed by atoms with E-state index in [4.69, 9.17) is 0 Å². The van der Waals surface area contributed by atoms with E-state index in [0.29, 0.717) is 5.54 Å². The highest BCUT2D eigenvalue weighted by Gasteiger charge is 2.38. The number of nitrogens with one attached hydrogen (secondary N) is 1. The van der Waals surface area contributed by atoms with Crippen LogP contribution in [0.3, 0.4) is 0 Å². The topological polar surface area (TPSA) is 15.3 Å². The van der Waals surface area contributed by atoms with Gasteiger partial charge in [0.2, 0.25) is 0 Å². The minimum atomic E-state index is 0.549. The van der Waals surface area contributed by atoms with Crippen LogP contribution in [0.4, 0.5) is 0 Å². The molecule has 2 saturated heterocycles. The third-order valence-electron chi connectivity index (χ3n) is 2.87. The van der Waals surface area contributed by atoms with Gasteiger partial charge in [0.1, 0.15) is 0 Å². The number of likely N-dealkylation sites (tertiary alicyclic amines) is 1. The summed E-state index contributed by atoms with van der Waals surface area (Å²) in [6.07, 6.45) is 4.18. The molecule has 2 rings (SSSR count). The zero-order valence-electron chi connectivity index (χ0n) is 6.69. The van der Waals surface area contributed by atoms with Crippen LogP contribution >= 0.6 is 0 Å². The number of hydrogen-bond donors (Lipinski definition) is 1. The van der Waals surface area contributed by atoms with E-state index >= 15 is 0 Å². The largest absolute Gasteiger partial charge is 0.310 e. The normalized spacial score (nSPS) is 41.7. The summed E-state index contributed by atoms with van der Waals surface area (Å²) in [5.41, 5.74) is 0.549. The highest BCUT2D eigenvalue weighted by molar-refractivity contribution is 5.00. The van der Waals surface area contributed by atoms with Crippen molar-refractivity contribution in [2.75, 3.05) is 26.7 Å². The molecule has 0 aromatic heterocycles. The zero-order valence-corrected chi connectivity index (χ0v) is 6.69. The van der Waals surface area contributed by atoms with Crippen molar-refractivity contribution >= 4 is 0 Å². The lowest BCUT2D eigenvalue weighted by atomic mass is 9.80. The van der Waals surface area contributed by atoms with E-state index in [1.165, 1.54) is 38.9 Å². The summed E-state index contributed by atoms with van der Waals surface area (Å²) in [6, 6.07) is 0. The molecule has 10 heavy (non-hydrogen) atoms. The predicted octanol–water partition coefficient (Wildman–Crippen LogP) is 0.444. The van der Waals surface area contributed by atoms with Crippen LogP contribution in [0, 0.1) is 0 Å². The first-order valence-corrected chi connectivity index (χ1v) is 4.24. The average molecular weight is 140 g/mol. The van der Waals surface area contributed by atoms with Crippen LogP contribution in [-0.4, -0.2) is 37.1 Å². The Balaban J connectivity index is 1.96. The molecule has 0 amide bonds. The van der Waals surface area contributed by atoms with Gasteiger partial charge < -0.3 is 10.2 Å². The second-order valence-corrected chi connectivity index (χ2v) is 3.80. The molecule has 0 radical (unpaired) electrons. The first-order valence-electron chi connectivity index (χ1n) is 4.24. The summed E-state index contributed by atoms with van der Waals surface area (Å²) in [6.45, 7) is 3.81. The van der Waals surface area contributed by atoms with Gasteiger partial charge in [0.25, 0.3) is 0 Å². The standard InChI is InChI=1S/C8H16N2/c1-10-6-2-3-8(7-10)4-5-9-8/h9H,2-7H2,1H3. The number of nitrogens with zero attached hydrogens (tertiary/aromatic N) is 1. The summed E-state index contributed by atoms with van der Waals surface area (Å²) >= 11 is 0. The van der Waals surface area contributed by atoms with Gasteiger partial charge in [0.15, 0.2) is 0 Å². The van der Waals surface area contributed by atoms with Crippen molar-refractivity contribution in [3.05, 3.63) is 0 Å². The molecular weight excluding hydrogens is 124 g/mol. The van der Waals surface area contributed by atoms with Gasteiger partial charge >= 0.3 is 0 Å². The second-order valence-electron chi connectivity index (χ2n) is 3.80. The van der Waals surface area contributed by atoms with E-state index in [1.807, 2.05) is 0 Å². The van der Waals surface area contributed by atoms with Gasteiger partial charge in [-0.2, -0.15) is 0 Å². The van der Waals surface area contributed by atoms with E-state index in [1.54, 1.807) is 0 Å². The Bertz CT molecular complexity index is 129. The van der Waals surface area contributed by atoms with Crippen LogP contribution in [0.15, 0.2) is 0 Å². The highest BCUT2D eigenvalue weighted by Crippen LogP contribution is 2.28. The van der Waals surface area contributed by atoms with Crippen LogP contribution in [0.2, 0.25) is 0 Å². The molecule has 2 nitrogen and oxygen atoms in total. The molecular formula is C8H16N2. The molecule has 1 N–H and O–H groups in total. The van der Waals surface area contributed by atoms with Crippen molar-refractivity contribution in [3.63, 3.8) is 0 Å². The first kappa shape index (κ1) is 6.62. The maximum atomic E-state index is 3.55. The van der Waals surface area contributed by atoms with Crippen LogP contribution in [0.5, 0.6) is 0 Å². The van der Waals surface area contributed by atoms with Gasteiger partial charge in [-0.1, -0.05) is 0 Å². The fourth-order valence-electron chi connectivity index (χ4n) is 2.19. The maximum absolute atomic E-state index is 3.55. The number of likely N-dealkylation sites (N-methyl/N-ethyl adjacent to an activating group) is 1. The Hall–Kier alpha value is -0.0800. The van der Waals surface area contributed by atoms with Crippen LogP contribution in [0.25, 0.3) is 0 Å². The van der Waals surface area contributed by atoms with Crippen molar-refractivity contribution < 1.29 is 0 Å².